The quantitative estimate of drug-likeness (QED) is 0.578. The van der Waals surface area contributed by atoms with Gasteiger partial charge in [0.25, 0.3) is 0 Å². The van der Waals surface area contributed by atoms with Crippen molar-refractivity contribution in [2.75, 3.05) is 6.61 Å². The van der Waals surface area contributed by atoms with Crippen LogP contribution in [0.25, 0.3) is 11.1 Å². The van der Waals surface area contributed by atoms with Gasteiger partial charge in [0, 0.05) is 5.56 Å². The van der Waals surface area contributed by atoms with Crippen LogP contribution in [0.15, 0.2) is 41.1 Å². The highest BCUT2D eigenvalue weighted by Crippen LogP contribution is 2.31. The zero-order valence-electron chi connectivity index (χ0n) is 12.5. The van der Waals surface area contributed by atoms with E-state index in [1.54, 1.807) is 11.3 Å². The van der Waals surface area contributed by atoms with E-state index in [1.807, 2.05) is 0 Å². The van der Waals surface area contributed by atoms with Crippen LogP contribution >= 0.6 is 11.3 Å². The fourth-order valence-electron chi connectivity index (χ4n) is 2.35. The summed E-state index contributed by atoms with van der Waals surface area (Å²) in [5.74, 6) is 1.69. The van der Waals surface area contributed by atoms with Crippen molar-refractivity contribution in [1.82, 2.24) is 0 Å². The second-order valence-electron chi connectivity index (χ2n) is 5.24. The number of unbranched alkanes of at least 4 members (excludes halogenated alkanes) is 1. The van der Waals surface area contributed by atoms with Crippen LogP contribution in [0.3, 0.4) is 0 Å². The van der Waals surface area contributed by atoms with Crippen molar-refractivity contribution in [2.24, 2.45) is 5.92 Å². The van der Waals surface area contributed by atoms with Crippen LogP contribution in [0.1, 0.15) is 39.5 Å². The van der Waals surface area contributed by atoms with Crippen molar-refractivity contribution in [3.05, 3.63) is 41.1 Å². The molecule has 20 heavy (non-hydrogen) atoms. The molecule has 0 bridgehead atoms. The first kappa shape index (κ1) is 15.1. The molecule has 0 spiro atoms. The summed E-state index contributed by atoms with van der Waals surface area (Å²) in [6, 6.07) is 10.5. The Kier molecular flexibility index (Phi) is 6.13. The normalized spacial score (nSPS) is 12.3. The van der Waals surface area contributed by atoms with Gasteiger partial charge in [0.1, 0.15) is 5.75 Å². The van der Waals surface area contributed by atoms with E-state index in [4.69, 9.17) is 4.74 Å². The van der Waals surface area contributed by atoms with E-state index < -0.39 is 0 Å². The molecule has 0 N–H and O–H groups in total. The third kappa shape index (κ3) is 4.11. The molecule has 1 aromatic heterocycles. The van der Waals surface area contributed by atoms with E-state index in [0.29, 0.717) is 5.92 Å². The lowest BCUT2D eigenvalue weighted by Crippen LogP contribution is -2.11. The minimum absolute atomic E-state index is 0.672. The number of para-hydroxylation sites is 1. The molecule has 0 fully saturated rings. The smallest absolute Gasteiger partial charge is 0.127 e. The monoisotopic (exact) mass is 288 g/mol. The van der Waals surface area contributed by atoms with Crippen LogP contribution in [0.2, 0.25) is 0 Å². The number of hydrogen-bond donors (Lipinski definition) is 0. The summed E-state index contributed by atoms with van der Waals surface area (Å²) in [4.78, 5) is 0. The first-order chi connectivity index (χ1) is 9.85. The molecule has 1 atom stereocenters. The highest BCUT2D eigenvalue weighted by atomic mass is 32.1. The Bertz CT molecular complexity index is 490. The Morgan fingerprint density at radius 3 is 2.70 bits per heavy atom. The van der Waals surface area contributed by atoms with E-state index in [2.05, 4.69) is 54.9 Å². The molecule has 1 aromatic carbocycles. The molecule has 0 radical (unpaired) electrons. The van der Waals surface area contributed by atoms with Crippen LogP contribution in [0, 0.1) is 5.92 Å². The molecule has 108 valence electrons. The molecule has 2 heteroatoms. The zero-order chi connectivity index (χ0) is 14.2. The molecule has 2 rings (SSSR count). The Morgan fingerprint density at radius 1 is 1.15 bits per heavy atom. The van der Waals surface area contributed by atoms with Gasteiger partial charge in [-0.2, -0.15) is 11.3 Å². The molecular weight excluding hydrogens is 264 g/mol. The highest BCUT2D eigenvalue weighted by Gasteiger charge is 2.10. The number of rotatable bonds is 8. The molecule has 1 heterocycles. The first-order valence-electron chi connectivity index (χ1n) is 7.59. The van der Waals surface area contributed by atoms with Crippen LogP contribution in [-0.2, 0) is 0 Å². The van der Waals surface area contributed by atoms with E-state index in [-0.39, 0.29) is 0 Å². The number of ether oxygens (including phenoxy) is 1. The third-order valence-corrected chi connectivity index (χ3v) is 4.42. The molecule has 0 aliphatic rings. The van der Waals surface area contributed by atoms with E-state index in [9.17, 15) is 0 Å². The summed E-state index contributed by atoms with van der Waals surface area (Å²) in [7, 11) is 0. The van der Waals surface area contributed by atoms with Crippen molar-refractivity contribution in [3.8, 4) is 16.9 Å². The van der Waals surface area contributed by atoms with Gasteiger partial charge in [-0.1, -0.05) is 51.3 Å². The second kappa shape index (κ2) is 8.11. The van der Waals surface area contributed by atoms with Crippen molar-refractivity contribution < 1.29 is 4.74 Å². The molecule has 1 nitrogen and oxygen atoms in total. The number of thiophene rings is 1. The van der Waals surface area contributed by atoms with Gasteiger partial charge in [0.05, 0.1) is 6.61 Å². The summed E-state index contributed by atoms with van der Waals surface area (Å²) in [6.45, 7) is 5.34. The Balaban J connectivity index is 2.02. The Hall–Kier alpha value is -1.28. The van der Waals surface area contributed by atoms with Crippen molar-refractivity contribution in [2.45, 2.75) is 39.5 Å². The molecule has 0 saturated heterocycles. The Labute approximate surface area is 126 Å². The van der Waals surface area contributed by atoms with Crippen molar-refractivity contribution >= 4 is 11.3 Å². The van der Waals surface area contributed by atoms with Gasteiger partial charge in [-0.15, -0.1) is 0 Å². The lowest BCUT2D eigenvalue weighted by molar-refractivity contribution is 0.234. The van der Waals surface area contributed by atoms with Gasteiger partial charge in [-0.05, 0) is 40.8 Å². The first-order valence-corrected chi connectivity index (χ1v) is 8.53. The minimum Gasteiger partial charge on any atom is -0.493 e. The van der Waals surface area contributed by atoms with Crippen LogP contribution in [-0.4, -0.2) is 6.61 Å². The summed E-state index contributed by atoms with van der Waals surface area (Å²) >= 11 is 1.73. The summed E-state index contributed by atoms with van der Waals surface area (Å²) in [5.41, 5.74) is 2.46. The minimum atomic E-state index is 0.672. The lowest BCUT2D eigenvalue weighted by Gasteiger charge is -2.17. The van der Waals surface area contributed by atoms with Gasteiger partial charge >= 0.3 is 0 Å². The largest absolute Gasteiger partial charge is 0.493 e. The SMILES string of the molecule is CCCCC(CC)COc1ccccc1-c1ccsc1. The maximum atomic E-state index is 6.12. The predicted molar refractivity (Wildman–Crippen MR) is 88.6 cm³/mol. The molecule has 2 aromatic rings. The third-order valence-electron chi connectivity index (χ3n) is 3.74. The lowest BCUT2D eigenvalue weighted by atomic mass is 10.0. The fraction of sp³-hybridized carbons (Fsp3) is 0.444. The van der Waals surface area contributed by atoms with E-state index in [1.165, 1.54) is 36.8 Å². The zero-order valence-corrected chi connectivity index (χ0v) is 13.3. The summed E-state index contributed by atoms with van der Waals surface area (Å²) < 4.78 is 6.12. The van der Waals surface area contributed by atoms with Crippen LogP contribution in [0.5, 0.6) is 5.75 Å². The number of hydrogen-bond acceptors (Lipinski definition) is 2. The van der Waals surface area contributed by atoms with Gasteiger partial charge in [-0.25, -0.2) is 0 Å². The van der Waals surface area contributed by atoms with Crippen LogP contribution in [0.4, 0.5) is 0 Å². The number of benzene rings is 1. The Morgan fingerprint density at radius 2 is 2.00 bits per heavy atom. The van der Waals surface area contributed by atoms with E-state index >= 15 is 0 Å². The molecule has 0 amide bonds. The summed E-state index contributed by atoms with van der Waals surface area (Å²) in [6.07, 6.45) is 5.03. The van der Waals surface area contributed by atoms with Gasteiger partial charge < -0.3 is 4.74 Å². The summed E-state index contributed by atoms with van der Waals surface area (Å²) in [5, 5.41) is 4.29. The second-order valence-corrected chi connectivity index (χ2v) is 6.02. The van der Waals surface area contributed by atoms with Crippen LogP contribution < -0.4 is 4.74 Å². The standard InChI is InChI=1S/C18H24OS/c1-3-5-8-15(4-2)13-19-18-10-7-6-9-17(18)16-11-12-20-14-16/h6-7,9-12,14-15H,3-5,8,13H2,1-2H3. The molecule has 1 unspecified atom stereocenters. The molecule has 0 aliphatic carbocycles. The molecule has 0 saturated carbocycles. The maximum Gasteiger partial charge on any atom is 0.127 e. The van der Waals surface area contributed by atoms with Gasteiger partial charge in [0.15, 0.2) is 0 Å². The highest BCUT2D eigenvalue weighted by molar-refractivity contribution is 7.08. The maximum absolute atomic E-state index is 6.12. The van der Waals surface area contributed by atoms with Crippen molar-refractivity contribution in [3.63, 3.8) is 0 Å². The fourth-order valence-corrected chi connectivity index (χ4v) is 3.01. The average molecular weight is 288 g/mol. The molecule has 0 aliphatic heterocycles. The molecular formula is C18H24OS. The topological polar surface area (TPSA) is 9.23 Å². The van der Waals surface area contributed by atoms with Gasteiger partial charge in [0.2, 0.25) is 0 Å². The van der Waals surface area contributed by atoms with E-state index in [0.717, 1.165) is 12.4 Å². The predicted octanol–water partition coefficient (Wildman–Crippen LogP) is 6.01. The van der Waals surface area contributed by atoms with Crippen molar-refractivity contribution in [1.29, 1.82) is 0 Å². The average Bonchev–Trinajstić information content (AvgIpc) is 3.02. The van der Waals surface area contributed by atoms with Gasteiger partial charge in [-0.3, -0.25) is 0 Å².